The van der Waals surface area contributed by atoms with Gasteiger partial charge in [0.25, 0.3) is 0 Å². The average molecular weight is 328 g/mol. The Bertz CT molecular complexity index is 572. The first-order chi connectivity index (χ1) is 11.6. The van der Waals surface area contributed by atoms with Gasteiger partial charge in [-0.2, -0.15) is 0 Å². The lowest BCUT2D eigenvalue weighted by Crippen LogP contribution is -2.35. The molecule has 24 heavy (non-hydrogen) atoms. The minimum absolute atomic E-state index is 0.121. The highest BCUT2D eigenvalue weighted by Gasteiger charge is 2.38. The monoisotopic (exact) mass is 328 g/mol. The summed E-state index contributed by atoms with van der Waals surface area (Å²) in [6, 6.07) is 10.6. The summed E-state index contributed by atoms with van der Waals surface area (Å²) in [6.07, 6.45) is 4.64. The van der Waals surface area contributed by atoms with Crippen molar-refractivity contribution in [3.63, 3.8) is 0 Å². The van der Waals surface area contributed by atoms with Crippen molar-refractivity contribution >= 4 is 11.8 Å². The number of nitrogens with zero attached hydrogens (tertiary/aromatic N) is 1. The smallest absolute Gasteiger partial charge is 0.224 e. The van der Waals surface area contributed by atoms with Gasteiger partial charge in [0.1, 0.15) is 0 Å². The van der Waals surface area contributed by atoms with E-state index >= 15 is 0 Å². The fourth-order valence-corrected chi connectivity index (χ4v) is 3.67. The fraction of sp³-hybridized carbons (Fsp3) is 0.600. The Morgan fingerprint density at radius 3 is 2.62 bits per heavy atom. The Hall–Kier alpha value is -1.84. The third-order valence-corrected chi connectivity index (χ3v) is 5.44. The summed E-state index contributed by atoms with van der Waals surface area (Å²) in [6.45, 7) is 4.23. The molecule has 3 atom stereocenters. The lowest BCUT2D eigenvalue weighted by atomic mass is 9.92. The van der Waals surface area contributed by atoms with Crippen LogP contribution in [0, 0.1) is 11.8 Å². The number of likely N-dealkylation sites (tertiary alicyclic amines) is 1. The van der Waals surface area contributed by atoms with Crippen LogP contribution in [-0.2, 0) is 9.59 Å². The van der Waals surface area contributed by atoms with Crippen molar-refractivity contribution in [3.05, 3.63) is 35.9 Å². The van der Waals surface area contributed by atoms with Gasteiger partial charge in [-0.1, -0.05) is 37.3 Å². The van der Waals surface area contributed by atoms with Gasteiger partial charge in [-0.25, -0.2) is 0 Å². The molecule has 0 bridgehead atoms. The summed E-state index contributed by atoms with van der Waals surface area (Å²) in [4.78, 5) is 26.2. The van der Waals surface area contributed by atoms with E-state index < -0.39 is 0 Å². The molecule has 2 aliphatic rings. The molecule has 1 aromatic carbocycles. The van der Waals surface area contributed by atoms with Crippen molar-refractivity contribution in [2.24, 2.45) is 11.8 Å². The molecule has 2 amide bonds. The maximum absolute atomic E-state index is 12.4. The van der Waals surface area contributed by atoms with E-state index in [0.717, 1.165) is 38.8 Å². The summed E-state index contributed by atoms with van der Waals surface area (Å²) in [5.41, 5.74) is 1.39. The number of carbonyl (C=O) groups excluding carboxylic acids is 2. The molecule has 1 saturated heterocycles. The van der Waals surface area contributed by atoms with E-state index in [4.69, 9.17) is 0 Å². The Kier molecular flexibility index (Phi) is 5.54. The number of amides is 2. The lowest BCUT2D eigenvalue weighted by molar-refractivity contribution is -0.131. The van der Waals surface area contributed by atoms with Gasteiger partial charge in [0.2, 0.25) is 11.8 Å². The van der Waals surface area contributed by atoms with E-state index in [-0.39, 0.29) is 17.7 Å². The summed E-state index contributed by atoms with van der Waals surface area (Å²) in [5, 5.41) is 2.91. The third-order valence-electron chi connectivity index (χ3n) is 5.44. The maximum atomic E-state index is 12.4. The zero-order valence-electron chi connectivity index (χ0n) is 14.5. The van der Waals surface area contributed by atoms with Crippen LogP contribution in [0.15, 0.2) is 30.3 Å². The molecule has 4 heteroatoms. The maximum Gasteiger partial charge on any atom is 0.224 e. The number of hydrogen-bond acceptors (Lipinski definition) is 2. The van der Waals surface area contributed by atoms with Crippen LogP contribution in [0.5, 0.6) is 0 Å². The molecule has 1 heterocycles. The van der Waals surface area contributed by atoms with Crippen molar-refractivity contribution in [2.75, 3.05) is 19.6 Å². The van der Waals surface area contributed by atoms with E-state index in [2.05, 4.69) is 36.5 Å². The van der Waals surface area contributed by atoms with Crippen LogP contribution in [-0.4, -0.2) is 36.3 Å². The number of nitrogens with one attached hydrogen (secondary N) is 1. The zero-order chi connectivity index (χ0) is 16.9. The van der Waals surface area contributed by atoms with Crippen molar-refractivity contribution in [1.29, 1.82) is 0 Å². The molecule has 0 spiro atoms. The Labute approximate surface area is 144 Å². The van der Waals surface area contributed by atoms with E-state index in [1.165, 1.54) is 5.56 Å². The summed E-state index contributed by atoms with van der Waals surface area (Å²) in [7, 11) is 0. The van der Waals surface area contributed by atoms with E-state index in [1.807, 2.05) is 11.0 Å². The number of benzene rings is 1. The molecule has 1 N–H and O–H groups in total. The van der Waals surface area contributed by atoms with Gasteiger partial charge in [0, 0.05) is 32.0 Å². The van der Waals surface area contributed by atoms with Crippen molar-refractivity contribution in [2.45, 2.75) is 44.9 Å². The first kappa shape index (κ1) is 17.0. The highest BCUT2D eigenvalue weighted by atomic mass is 16.2. The molecule has 3 rings (SSSR count). The van der Waals surface area contributed by atoms with Gasteiger partial charge in [0.05, 0.1) is 0 Å². The molecule has 0 aromatic heterocycles. The molecule has 1 aliphatic carbocycles. The average Bonchev–Trinajstić information content (AvgIpc) is 3.37. The highest BCUT2D eigenvalue weighted by molar-refractivity contribution is 5.82. The largest absolute Gasteiger partial charge is 0.355 e. The van der Waals surface area contributed by atoms with Crippen molar-refractivity contribution in [1.82, 2.24) is 10.2 Å². The molecular weight excluding hydrogens is 300 g/mol. The van der Waals surface area contributed by atoms with Crippen molar-refractivity contribution in [3.8, 4) is 0 Å². The van der Waals surface area contributed by atoms with Crippen LogP contribution < -0.4 is 5.32 Å². The van der Waals surface area contributed by atoms with Crippen LogP contribution in [0.3, 0.4) is 0 Å². The van der Waals surface area contributed by atoms with E-state index in [1.54, 1.807) is 0 Å². The quantitative estimate of drug-likeness (QED) is 0.903. The van der Waals surface area contributed by atoms with Crippen LogP contribution >= 0.6 is 0 Å². The molecule has 0 unspecified atom stereocenters. The second-order valence-electron chi connectivity index (χ2n) is 7.28. The standard InChI is InChI=1S/C20H28N2O2/c1-15-14-18(15)20(24)21-11-9-19(23)22-12-5-8-17(10-13-22)16-6-3-2-4-7-16/h2-4,6-7,15,17-18H,5,8-14H2,1H3,(H,21,24)/t15-,17+,18-/m1/s1. The topological polar surface area (TPSA) is 49.4 Å². The normalized spacial score (nSPS) is 26.5. The summed E-state index contributed by atoms with van der Waals surface area (Å²) >= 11 is 0. The Morgan fingerprint density at radius 1 is 1.17 bits per heavy atom. The molecule has 1 aliphatic heterocycles. The van der Waals surface area contributed by atoms with Gasteiger partial charge in [-0.3, -0.25) is 9.59 Å². The van der Waals surface area contributed by atoms with Crippen molar-refractivity contribution < 1.29 is 9.59 Å². The minimum atomic E-state index is 0.121. The third kappa shape index (κ3) is 4.37. The molecular formula is C20H28N2O2. The lowest BCUT2D eigenvalue weighted by Gasteiger charge is -2.21. The second-order valence-corrected chi connectivity index (χ2v) is 7.28. The molecule has 1 aromatic rings. The van der Waals surface area contributed by atoms with Gasteiger partial charge in [-0.15, -0.1) is 0 Å². The molecule has 130 valence electrons. The van der Waals surface area contributed by atoms with E-state index in [9.17, 15) is 9.59 Å². The number of rotatable bonds is 5. The van der Waals surface area contributed by atoms with Crippen LogP contribution in [0.1, 0.15) is 50.5 Å². The zero-order valence-corrected chi connectivity index (χ0v) is 14.5. The summed E-state index contributed by atoms with van der Waals surface area (Å²) in [5.74, 6) is 1.55. The minimum Gasteiger partial charge on any atom is -0.355 e. The number of carbonyl (C=O) groups is 2. The number of hydrogen-bond donors (Lipinski definition) is 1. The van der Waals surface area contributed by atoms with Gasteiger partial charge >= 0.3 is 0 Å². The predicted octanol–water partition coefficient (Wildman–Crippen LogP) is 2.95. The van der Waals surface area contributed by atoms with Crippen LogP contribution in [0.4, 0.5) is 0 Å². The van der Waals surface area contributed by atoms with Gasteiger partial charge in [-0.05, 0) is 43.1 Å². The first-order valence-electron chi connectivity index (χ1n) is 9.25. The van der Waals surface area contributed by atoms with Gasteiger partial charge in [0.15, 0.2) is 0 Å². The molecule has 4 nitrogen and oxygen atoms in total. The Balaban J connectivity index is 1.42. The van der Waals surface area contributed by atoms with E-state index in [0.29, 0.717) is 24.8 Å². The fourth-order valence-electron chi connectivity index (χ4n) is 3.67. The summed E-state index contributed by atoms with van der Waals surface area (Å²) < 4.78 is 0. The Morgan fingerprint density at radius 2 is 1.92 bits per heavy atom. The predicted molar refractivity (Wildman–Crippen MR) is 94.5 cm³/mol. The molecule has 1 saturated carbocycles. The molecule has 2 fully saturated rings. The van der Waals surface area contributed by atoms with Crippen LogP contribution in [0.25, 0.3) is 0 Å². The SMILES string of the molecule is C[C@@H]1C[C@H]1C(=O)NCCC(=O)N1CCC[C@H](c2ccccc2)CC1. The van der Waals surface area contributed by atoms with Gasteiger partial charge < -0.3 is 10.2 Å². The highest BCUT2D eigenvalue weighted by Crippen LogP contribution is 2.37. The van der Waals surface area contributed by atoms with Crippen LogP contribution in [0.2, 0.25) is 0 Å². The second kappa shape index (κ2) is 7.82. The molecule has 0 radical (unpaired) electrons. The first-order valence-corrected chi connectivity index (χ1v) is 9.25.